The minimum atomic E-state index is 0. The Morgan fingerprint density at radius 2 is 1.73 bits per heavy atom. The predicted octanol–water partition coefficient (Wildman–Crippen LogP) is 1.75. The van der Waals surface area contributed by atoms with Crippen molar-refractivity contribution in [3.63, 3.8) is 0 Å². The molecule has 0 amide bonds. The van der Waals surface area contributed by atoms with E-state index in [-0.39, 0.29) is 24.0 Å². The van der Waals surface area contributed by atoms with Crippen LogP contribution in [0.25, 0.3) is 0 Å². The van der Waals surface area contributed by atoms with Crippen LogP contribution in [0.5, 0.6) is 0 Å². The molecule has 2 N–H and O–H groups in total. The van der Waals surface area contributed by atoms with Crippen LogP contribution in [0.3, 0.4) is 0 Å². The van der Waals surface area contributed by atoms with Crippen molar-refractivity contribution < 1.29 is 4.74 Å². The van der Waals surface area contributed by atoms with E-state index in [0.717, 1.165) is 58.4 Å². The van der Waals surface area contributed by atoms with Crippen LogP contribution in [0.4, 0.5) is 0 Å². The van der Waals surface area contributed by atoms with Gasteiger partial charge in [0, 0.05) is 59.5 Å². The second kappa shape index (κ2) is 13.3. The lowest BCUT2D eigenvalue weighted by molar-refractivity contribution is 0.148. The molecule has 1 saturated heterocycles. The van der Waals surface area contributed by atoms with Crippen molar-refractivity contribution in [2.24, 2.45) is 4.99 Å². The number of likely N-dealkylation sites (N-methyl/N-ethyl adjacent to an activating group) is 1. The molecule has 1 heterocycles. The van der Waals surface area contributed by atoms with Crippen LogP contribution in [-0.2, 0) is 17.8 Å². The van der Waals surface area contributed by atoms with Gasteiger partial charge in [0.1, 0.15) is 0 Å². The Balaban J connectivity index is 0.00000338. The quantitative estimate of drug-likeness (QED) is 0.260. The Morgan fingerprint density at radius 1 is 1.08 bits per heavy atom. The fourth-order valence-corrected chi connectivity index (χ4v) is 2.82. The summed E-state index contributed by atoms with van der Waals surface area (Å²) in [5, 5.41) is 6.58. The first kappa shape index (κ1) is 23.1. The van der Waals surface area contributed by atoms with Crippen LogP contribution in [0, 0.1) is 0 Å². The SMILES string of the molecule is CCOCCNC(=NC)NCc1ccc(CN2CCN(C)CC2)cc1.I. The Morgan fingerprint density at radius 3 is 2.35 bits per heavy atom. The number of aliphatic imine (C=N–C) groups is 1. The second-order valence-corrected chi connectivity index (χ2v) is 6.45. The third-order valence-corrected chi connectivity index (χ3v) is 4.45. The number of halogens is 1. The Labute approximate surface area is 175 Å². The number of nitrogens with zero attached hydrogens (tertiary/aromatic N) is 3. The van der Waals surface area contributed by atoms with Gasteiger partial charge in [-0.15, -0.1) is 24.0 Å². The van der Waals surface area contributed by atoms with Gasteiger partial charge in [-0.1, -0.05) is 24.3 Å². The van der Waals surface area contributed by atoms with Crippen molar-refractivity contribution in [3.05, 3.63) is 35.4 Å². The molecular formula is C19H34IN5O. The largest absolute Gasteiger partial charge is 0.380 e. The number of piperazine rings is 1. The molecule has 148 valence electrons. The summed E-state index contributed by atoms with van der Waals surface area (Å²) >= 11 is 0. The fourth-order valence-electron chi connectivity index (χ4n) is 2.82. The van der Waals surface area contributed by atoms with Crippen LogP contribution in [0.2, 0.25) is 0 Å². The van der Waals surface area contributed by atoms with Gasteiger partial charge in [0.05, 0.1) is 6.61 Å². The number of rotatable bonds is 8. The average molecular weight is 475 g/mol. The minimum Gasteiger partial charge on any atom is -0.380 e. The van der Waals surface area contributed by atoms with Crippen LogP contribution < -0.4 is 10.6 Å². The Hall–Kier alpha value is -0.900. The number of benzene rings is 1. The van der Waals surface area contributed by atoms with Crippen molar-refractivity contribution >= 4 is 29.9 Å². The molecule has 2 rings (SSSR count). The normalized spacial score (nSPS) is 16.2. The van der Waals surface area contributed by atoms with Crippen molar-refractivity contribution in [2.75, 3.05) is 60.0 Å². The molecule has 0 spiro atoms. The molecular weight excluding hydrogens is 441 g/mol. The number of nitrogens with one attached hydrogen (secondary N) is 2. The highest BCUT2D eigenvalue weighted by Crippen LogP contribution is 2.09. The summed E-state index contributed by atoms with van der Waals surface area (Å²) in [6.07, 6.45) is 0. The molecule has 0 aliphatic carbocycles. The molecule has 1 aromatic carbocycles. The maximum Gasteiger partial charge on any atom is 0.191 e. The van der Waals surface area contributed by atoms with E-state index in [9.17, 15) is 0 Å². The standard InChI is InChI=1S/C19H33N5O.HI/c1-4-25-14-9-21-19(20-2)22-15-17-5-7-18(8-6-17)16-24-12-10-23(3)11-13-24;/h5-8H,4,9-16H2,1-3H3,(H2,20,21,22);1H. The summed E-state index contributed by atoms with van der Waals surface area (Å²) in [6, 6.07) is 8.87. The first-order chi connectivity index (χ1) is 12.2. The van der Waals surface area contributed by atoms with E-state index in [4.69, 9.17) is 4.74 Å². The van der Waals surface area contributed by atoms with Crippen LogP contribution >= 0.6 is 24.0 Å². The van der Waals surface area contributed by atoms with E-state index < -0.39 is 0 Å². The maximum absolute atomic E-state index is 5.32. The van der Waals surface area contributed by atoms with Gasteiger partial charge >= 0.3 is 0 Å². The number of hydrogen-bond acceptors (Lipinski definition) is 4. The number of guanidine groups is 1. The monoisotopic (exact) mass is 475 g/mol. The van der Waals surface area contributed by atoms with Gasteiger partial charge in [0.25, 0.3) is 0 Å². The molecule has 1 fully saturated rings. The van der Waals surface area contributed by atoms with E-state index in [1.807, 2.05) is 6.92 Å². The van der Waals surface area contributed by atoms with Gasteiger partial charge in [-0.25, -0.2) is 0 Å². The highest BCUT2D eigenvalue weighted by molar-refractivity contribution is 14.0. The molecule has 7 heteroatoms. The summed E-state index contributed by atoms with van der Waals surface area (Å²) in [4.78, 5) is 9.14. The molecule has 6 nitrogen and oxygen atoms in total. The minimum absolute atomic E-state index is 0. The van der Waals surface area contributed by atoms with Crippen molar-refractivity contribution in [1.82, 2.24) is 20.4 Å². The maximum atomic E-state index is 5.32. The first-order valence-electron chi connectivity index (χ1n) is 9.22. The van der Waals surface area contributed by atoms with E-state index >= 15 is 0 Å². The summed E-state index contributed by atoms with van der Waals surface area (Å²) in [5.41, 5.74) is 2.64. The van der Waals surface area contributed by atoms with Gasteiger partial charge in [0.2, 0.25) is 0 Å². The third-order valence-electron chi connectivity index (χ3n) is 4.45. The molecule has 0 saturated carbocycles. The summed E-state index contributed by atoms with van der Waals surface area (Å²) < 4.78 is 5.32. The zero-order chi connectivity index (χ0) is 17.9. The predicted molar refractivity (Wildman–Crippen MR) is 119 cm³/mol. The molecule has 1 aromatic rings. The highest BCUT2D eigenvalue weighted by atomic mass is 127. The summed E-state index contributed by atoms with van der Waals surface area (Å²) in [7, 11) is 3.98. The van der Waals surface area contributed by atoms with E-state index in [1.54, 1.807) is 7.05 Å². The summed E-state index contributed by atoms with van der Waals surface area (Å²) in [5.74, 6) is 0.807. The van der Waals surface area contributed by atoms with Crippen molar-refractivity contribution in [2.45, 2.75) is 20.0 Å². The fraction of sp³-hybridized carbons (Fsp3) is 0.632. The Kier molecular flexibility index (Phi) is 11.8. The lowest BCUT2D eigenvalue weighted by Crippen LogP contribution is -2.43. The molecule has 0 aromatic heterocycles. The second-order valence-electron chi connectivity index (χ2n) is 6.45. The Bertz CT molecular complexity index is 515. The van der Waals surface area contributed by atoms with Gasteiger partial charge in [-0.3, -0.25) is 9.89 Å². The lowest BCUT2D eigenvalue weighted by Gasteiger charge is -2.32. The molecule has 0 unspecified atom stereocenters. The van der Waals surface area contributed by atoms with Crippen LogP contribution in [0.1, 0.15) is 18.1 Å². The van der Waals surface area contributed by atoms with E-state index in [1.165, 1.54) is 11.1 Å². The first-order valence-corrected chi connectivity index (χ1v) is 9.22. The molecule has 0 radical (unpaired) electrons. The van der Waals surface area contributed by atoms with E-state index in [2.05, 4.69) is 56.7 Å². The summed E-state index contributed by atoms with van der Waals surface area (Å²) in [6.45, 7) is 10.7. The third kappa shape index (κ3) is 8.66. The van der Waals surface area contributed by atoms with Gasteiger partial charge in [-0.2, -0.15) is 0 Å². The lowest BCUT2D eigenvalue weighted by atomic mass is 10.1. The number of ether oxygens (including phenoxy) is 1. The van der Waals surface area contributed by atoms with Crippen molar-refractivity contribution in [3.8, 4) is 0 Å². The zero-order valence-corrected chi connectivity index (χ0v) is 18.7. The zero-order valence-electron chi connectivity index (χ0n) is 16.3. The average Bonchev–Trinajstić information content (AvgIpc) is 2.64. The topological polar surface area (TPSA) is 52.1 Å². The van der Waals surface area contributed by atoms with Gasteiger partial charge in [0.15, 0.2) is 5.96 Å². The molecule has 0 bridgehead atoms. The van der Waals surface area contributed by atoms with E-state index in [0.29, 0.717) is 6.61 Å². The highest BCUT2D eigenvalue weighted by Gasteiger charge is 2.13. The number of hydrogen-bond donors (Lipinski definition) is 2. The molecule has 1 aliphatic rings. The van der Waals surface area contributed by atoms with Crippen LogP contribution in [0.15, 0.2) is 29.3 Å². The van der Waals surface area contributed by atoms with Crippen LogP contribution in [-0.4, -0.2) is 75.8 Å². The van der Waals surface area contributed by atoms with Gasteiger partial charge < -0.3 is 20.3 Å². The van der Waals surface area contributed by atoms with Crippen molar-refractivity contribution in [1.29, 1.82) is 0 Å². The van der Waals surface area contributed by atoms with Gasteiger partial charge in [-0.05, 0) is 25.1 Å². The smallest absolute Gasteiger partial charge is 0.191 e. The molecule has 26 heavy (non-hydrogen) atoms. The molecule has 1 aliphatic heterocycles. The molecule has 0 atom stereocenters.